The van der Waals surface area contributed by atoms with Gasteiger partial charge in [0.05, 0.1) is 11.3 Å². The van der Waals surface area contributed by atoms with Gasteiger partial charge in [-0.05, 0) is 19.1 Å². The molecule has 0 aromatic rings. The second-order valence-corrected chi connectivity index (χ2v) is 5.38. The molecule has 1 amide bonds. The Morgan fingerprint density at radius 1 is 1.57 bits per heavy atom. The number of hydrogen-bond acceptors (Lipinski definition) is 6. The summed E-state index contributed by atoms with van der Waals surface area (Å²) < 4.78 is 0. The lowest BCUT2D eigenvalue weighted by molar-refractivity contribution is -0.125. The first-order chi connectivity index (χ1) is 10.1. The number of likely N-dealkylation sites (tertiary alicyclic amines) is 1. The number of aliphatic imine (C=N–C) groups is 1. The first-order valence-corrected chi connectivity index (χ1v) is 7.68. The number of thioether (sulfide) groups is 1. The van der Waals surface area contributed by atoms with E-state index in [2.05, 4.69) is 10.3 Å². The average Bonchev–Trinajstić information content (AvgIpc) is 3.01. The fraction of sp³-hybridized carbons (Fsp3) is 0.385. The second kappa shape index (κ2) is 6.45. The number of amidine groups is 2. The zero-order valence-corrected chi connectivity index (χ0v) is 12.5. The van der Waals surface area contributed by atoms with Gasteiger partial charge >= 0.3 is 0 Å². The van der Waals surface area contributed by atoms with Crippen molar-refractivity contribution in [2.24, 2.45) is 10.7 Å². The Morgan fingerprint density at radius 2 is 2.24 bits per heavy atom. The van der Waals surface area contributed by atoms with Crippen LogP contribution in [0, 0.1) is 16.7 Å². The second-order valence-electron chi connectivity index (χ2n) is 4.58. The van der Waals surface area contributed by atoms with Gasteiger partial charge in [0.2, 0.25) is 0 Å². The van der Waals surface area contributed by atoms with E-state index in [9.17, 15) is 10.1 Å². The van der Waals surface area contributed by atoms with Crippen LogP contribution < -0.4 is 11.1 Å². The quantitative estimate of drug-likeness (QED) is 0.390. The number of nitrogens with one attached hydrogen (secondary N) is 2. The molecule has 7 nitrogen and oxygen atoms in total. The summed E-state index contributed by atoms with van der Waals surface area (Å²) in [4.78, 5) is 18.3. The molecule has 4 N–H and O–H groups in total. The molecule has 2 aliphatic heterocycles. The van der Waals surface area contributed by atoms with Crippen LogP contribution in [-0.4, -0.2) is 41.2 Å². The molecule has 0 spiro atoms. The minimum atomic E-state index is -0.349. The number of rotatable bonds is 2. The van der Waals surface area contributed by atoms with Gasteiger partial charge in [-0.2, -0.15) is 5.26 Å². The summed E-state index contributed by atoms with van der Waals surface area (Å²) in [5.74, 6) is -0.663. The Morgan fingerprint density at radius 3 is 2.76 bits per heavy atom. The lowest BCUT2D eigenvalue weighted by Crippen LogP contribution is -2.38. The highest BCUT2D eigenvalue weighted by atomic mass is 32.2. The molecule has 0 saturated carbocycles. The minimum absolute atomic E-state index is 0.0335. The lowest BCUT2D eigenvalue weighted by Gasteiger charge is -2.22. The van der Waals surface area contributed by atoms with E-state index in [4.69, 9.17) is 11.1 Å². The third-order valence-corrected chi connectivity index (χ3v) is 3.85. The fourth-order valence-electron chi connectivity index (χ4n) is 2.22. The van der Waals surface area contributed by atoms with Crippen molar-refractivity contribution >= 4 is 28.7 Å². The topological polar surface area (TPSA) is 118 Å². The van der Waals surface area contributed by atoms with Crippen LogP contribution >= 0.6 is 11.8 Å². The van der Waals surface area contributed by atoms with Crippen molar-refractivity contribution in [3.8, 4) is 6.07 Å². The van der Waals surface area contributed by atoms with Crippen LogP contribution in [0.15, 0.2) is 28.0 Å². The number of hydrogen-bond donors (Lipinski definition) is 3. The van der Waals surface area contributed by atoms with E-state index in [1.165, 1.54) is 18.0 Å². The summed E-state index contributed by atoms with van der Waals surface area (Å²) in [7, 11) is 0. The molecule has 0 bridgehead atoms. The number of carbonyl (C=O) groups excluding carboxylic acids is 1. The molecular formula is C13H16N6OS. The molecule has 2 rings (SSSR count). The molecule has 0 aromatic carbocycles. The number of nitriles is 1. The van der Waals surface area contributed by atoms with E-state index >= 15 is 0 Å². The number of carbonyl (C=O) groups is 1. The highest BCUT2D eigenvalue weighted by Crippen LogP contribution is 2.21. The monoisotopic (exact) mass is 304 g/mol. The van der Waals surface area contributed by atoms with Crippen LogP contribution in [0.1, 0.15) is 12.8 Å². The third kappa shape index (κ3) is 3.08. The molecule has 8 heteroatoms. The average molecular weight is 304 g/mol. The molecule has 0 unspecified atom stereocenters. The van der Waals surface area contributed by atoms with Gasteiger partial charge in [-0.25, -0.2) is 4.99 Å². The smallest absolute Gasteiger partial charge is 0.259 e. The first kappa shape index (κ1) is 15.1. The molecule has 0 radical (unpaired) electrons. The molecular weight excluding hydrogens is 288 g/mol. The van der Waals surface area contributed by atoms with E-state index in [1.807, 2.05) is 12.3 Å². The van der Waals surface area contributed by atoms with Crippen molar-refractivity contribution in [3.05, 3.63) is 23.0 Å². The van der Waals surface area contributed by atoms with Gasteiger partial charge in [0.25, 0.3) is 5.91 Å². The maximum absolute atomic E-state index is 12.6. The maximum atomic E-state index is 12.6. The highest BCUT2D eigenvalue weighted by Gasteiger charge is 2.29. The predicted octanol–water partition coefficient (Wildman–Crippen LogP) is 0.529. The van der Waals surface area contributed by atoms with Gasteiger partial charge < -0.3 is 16.0 Å². The van der Waals surface area contributed by atoms with Crippen LogP contribution in [0.3, 0.4) is 0 Å². The van der Waals surface area contributed by atoms with Crippen molar-refractivity contribution in [1.29, 1.82) is 10.7 Å². The van der Waals surface area contributed by atoms with E-state index < -0.39 is 0 Å². The summed E-state index contributed by atoms with van der Waals surface area (Å²) in [6, 6.07) is 1.98. The van der Waals surface area contributed by atoms with E-state index in [0.29, 0.717) is 18.3 Å². The van der Waals surface area contributed by atoms with Crippen LogP contribution in [0.5, 0.6) is 0 Å². The summed E-state index contributed by atoms with van der Waals surface area (Å²) in [5.41, 5.74) is 6.09. The molecule has 2 heterocycles. The van der Waals surface area contributed by atoms with Crippen molar-refractivity contribution in [1.82, 2.24) is 10.2 Å². The van der Waals surface area contributed by atoms with E-state index in [1.54, 1.807) is 4.90 Å². The maximum Gasteiger partial charge on any atom is 0.259 e. The predicted molar refractivity (Wildman–Crippen MR) is 82.5 cm³/mol. The lowest BCUT2D eigenvalue weighted by atomic mass is 10.1. The Labute approximate surface area is 127 Å². The number of amides is 1. The van der Waals surface area contributed by atoms with Crippen LogP contribution in [0.4, 0.5) is 0 Å². The fourth-order valence-corrected chi connectivity index (χ4v) is 2.58. The molecule has 0 aromatic heterocycles. The largest absolute Gasteiger partial charge is 0.383 e. The van der Waals surface area contributed by atoms with Crippen molar-refractivity contribution in [2.75, 3.05) is 19.3 Å². The van der Waals surface area contributed by atoms with Gasteiger partial charge in [-0.1, -0.05) is 11.8 Å². The number of nitrogens with two attached hydrogens (primary N) is 1. The summed E-state index contributed by atoms with van der Waals surface area (Å²) in [6.45, 7) is 1.30. The third-order valence-electron chi connectivity index (χ3n) is 3.25. The normalized spacial score (nSPS) is 20.1. The molecule has 110 valence electrons. The summed E-state index contributed by atoms with van der Waals surface area (Å²) in [6.07, 6.45) is 5.10. The SMILES string of the molecule is CSC1=NC=C(C#N)/C(=C(/C(=N)N)C(=O)N2CCCC2)N1. The number of allylic oxidation sites excluding steroid dienone is 1. The highest BCUT2D eigenvalue weighted by molar-refractivity contribution is 8.13. The molecule has 0 atom stereocenters. The van der Waals surface area contributed by atoms with Gasteiger partial charge in [0.15, 0.2) is 5.17 Å². The van der Waals surface area contributed by atoms with Crippen LogP contribution in [0.2, 0.25) is 0 Å². The van der Waals surface area contributed by atoms with Crippen LogP contribution in [0.25, 0.3) is 0 Å². The van der Waals surface area contributed by atoms with Gasteiger partial charge in [0, 0.05) is 19.3 Å². The molecule has 0 aliphatic carbocycles. The zero-order chi connectivity index (χ0) is 15.4. The summed E-state index contributed by atoms with van der Waals surface area (Å²) in [5, 5.41) is 20.4. The minimum Gasteiger partial charge on any atom is -0.383 e. The molecule has 1 saturated heterocycles. The zero-order valence-electron chi connectivity index (χ0n) is 11.6. The van der Waals surface area contributed by atoms with Gasteiger partial charge in [-0.3, -0.25) is 10.2 Å². The van der Waals surface area contributed by atoms with E-state index in [0.717, 1.165) is 12.8 Å². The van der Waals surface area contributed by atoms with Crippen molar-refractivity contribution in [2.45, 2.75) is 12.8 Å². The van der Waals surface area contributed by atoms with Crippen LogP contribution in [-0.2, 0) is 4.79 Å². The Balaban J connectivity index is 2.46. The van der Waals surface area contributed by atoms with Gasteiger partial charge in [0.1, 0.15) is 17.5 Å². The Bertz CT molecular complexity index is 607. The summed E-state index contributed by atoms with van der Waals surface area (Å²) >= 11 is 1.35. The van der Waals surface area contributed by atoms with Gasteiger partial charge in [-0.15, -0.1) is 0 Å². The molecule has 1 fully saturated rings. The van der Waals surface area contributed by atoms with Crippen molar-refractivity contribution in [3.63, 3.8) is 0 Å². The first-order valence-electron chi connectivity index (χ1n) is 6.46. The molecule has 2 aliphatic rings. The molecule has 21 heavy (non-hydrogen) atoms. The Kier molecular flexibility index (Phi) is 4.65. The standard InChI is InChI=1S/C13H16N6OS/c1-21-13-17-7-8(6-14)10(18-13)9(11(15)16)12(20)19-4-2-3-5-19/h7H,2-5H2,1H3,(H3,15,16)(H,17,18)/b10-9+. The number of nitrogens with zero attached hydrogens (tertiary/aromatic N) is 3. The Hall–Kier alpha value is -2.27. The van der Waals surface area contributed by atoms with E-state index in [-0.39, 0.29) is 28.6 Å². The van der Waals surface area contributed by atoms with Crippen molar-refractivity contribution < 1.29 is 4.79 Å².